The number of piperazine rings is 1. The Kier molecular flexibility index (Phi) is 6.13. The van der Waals surface area contributed by atoms with Gasteiger partial charge in [0.1, 0.15) is 5.01 Å². The van der Waals surface area contributed by atoms with Crippen molar-refractivity contribution in [2.45, 2.75) is 52.1 Å². The van der Waals surface area contributed by atoms with Crippen LogP contribution >= 0.6 is 11.3 Å². The van der Waals surface area contributed by atoms with Crippen molar-refractivity contribution in [3.8, 4) is 10.6 Å². The molecule has 2 heterocycles. The van der Waals surface area contributed by atoms with Gasteiger partial charge < -0.3 is 14.9 Å². The minimum atomic E-state index is -0.472. The highest BCUT2D eigenvalue weighted by Crippen LogP contribution is 2.57. The molecule has 1 aliphatic heterocycles. The van der Waals surface area contributed by atoms with Gasteiger partial charge in [-0.2, -0.15) is 0 Å². The quantitative estimate of drug-likeness (QED) is 0.732. The fourth-order valence-electron chi connectivity index (χ4n) is 6.75. The van der Waals surface area contributed by atoms with E-state index in [4.69, 9.17) is 4.98 Å². The molecular weight excluding hydrogens is 430 g/mol. The second-order valence-corrected chi connectivity index (χ2v) is 12.0. The van der Waals surface area contributed by atoms with Crippen molar-refractivity contribution in [2.24, 2.45) is 23.2 Å². The molecule has 1 saturated carbocycles. The monoisotopic (exact) mass is 467 g/mol. The third-order valence-corrected chi connectivity index (χ3v) is 9.91. The van der Waals surface area contributed by atoms with Gasteiger partial charge in [0, 0.05) is 48.5 Å². The number of nitrogens with zero attached hydrogens (tertiary/aromatic N) is 3. The third-order valence-electron chi connectivity index (χ3n) is 8.79. The van der Waals surface area contributed by atoms with Crippen LogP contribution < -0.4 is 0 Å². The fraction of sp³-hybridized carbons (Fsp3) is 0.630. The van der Waals surface area contributed by atoms with Crippen LogP contribution in [0.15, 0.2) is 30.3 Å². The Bertz CT molecular complexity index is 1000. The van der Waals surface area contributed by atoms with Gasteiger partial charge >= 0.3 is 0 Å². The molecular formula is C27H37N3O2S. The van der Waals surface area contributed by atoms with Crippen LogP contribution in [0.2, 0.25) is 0 Å². The Morgan fingerprint density at radius 2 is 1.91 bits per heavy atom. The van der Waals surface area contributed by atoms with E-state index in [9.17, 15) is 9.90 Å². The first-order chi connectivity index (χ1) is 15.8. The molecule has 2 aliphatic carbocycles. The van der Waals surface area contributed by atoms with E-state index >= 15 is 0 Å². The van der Waals surface area contributed by atoms with E-state index in [-0.39, 0.29) is 35.0 Å². The van der Waals surface area contributed by atoms with E-state index in [0.29, 0.717) is 0 Å². The van der Waals surface area contributed by atoms with Crippen molar-refractivity contribution in [3.63, 3.8) is 0 Å². The minimum absolute atomic E-state index is 0.0199. The normalized spacial score (nSPS) is 33.3. The summed E-state index contributed by atoms with van der Waals surface area (Å²) in [5.74, 6) is 0.427. The van der Waals surface area contributed by atoms with Crippen LogP contribution in [0.25, 0.3) is 10.6 Å². The number of thiazole rings is 1. The van der Waals surface area contributed by atoms with Gasteiger partial charge in [0.25, 0.3) is 0 Å². The van der Waals surface area contributed by atoms with Crippen LogP contribution in [0.4, 0.5) is 0 Å². The molecule has 1 aromatic heterocycles. The van der Waals surface area contributed by atoms with Gasteiger partial charge in [0.2, 0.25) is 5.91 Å². The fourth-order valence-corrected chi connectivity index (χ4v) is 8.12. The second kappa shape index (κ2) is 8.79. The Labute approximate surface area is 201 Å². The summed E-state index contributed by atoms with van der Waals surface area (Å²) < 4.78 is 0. The molecule has 1 N–H and O–H groups in total. The van der Waals surface area contributed by atoms with Gasteiger partial charge in [-0.1, -0.05) is 51.1 Å². The highest BCUT2D eigenvalue weighted by atomic mass is 32.1. The molecule has 0 unspecified atom stereocenters. The summed E-state index contributed by atoms with van der Waals surface area (Å²) in [5.41, 5.74) is 2.39. The van der Waals surface area contributed by atoms with Gasteiger partial charge in [-0.15, -0.1) is 11.3 Å². The maximum atomic E-state index is 13.3. The molecule has 1 amide bonds. The first kappa shape index (κ1) is 23.0. The number of aliphatic hydroxyl groups excluding tert-OH is 1. The van der Waals surface area contributed by atoms with Crippen molar-refractivity contribution >= 4 is 17.2 Å². The molecule has 33 heavy (non-hydrogen) atoms. The lowest BCUT2D eigenvalue weighted by Gasteiger charge is -2.53. The smallest absolute Gasteiger partial charge is 0.225 e. The van der Waals surface area contributed by atoms with E-state index in [0.717, 1.165) is 50.4 Å². The summed E-state index contributed by atoms with van der Waals surface area (Å²) in [6.45, 7) is 10.1. The topological polar surface area (TPSA) is 56.7 Å². The van der Waals surface area contributed by atoms with Gasteiger partial charge in [0.05, 0.1) is 11.8 Å². The lowest BCUT2D eigenvalue weighted by molar-refractivity contribution is -0.146. The van der Waals surface area contributed by atoms with Crippen molar-refractivity contribution in [1.82, 2.24) is 14.8 Å². The molecule has 6 heteroatoms. The predicted octanol–water partition coefficient (Wildman–Crippen LogP) is 4.27. The number of aliphatic hydroxyl groups is 1. The SMILES string of the molecule is C[C@H](C(=O)N1CCN(C)CC1)[C@@H]1CC[C@]2(C)Cc3sc(-c4ccccc4)nc3[C@H](C)[C@@H]2[C@H]1O. The van der Waals surface area contributed by atoms with Crippen molar-refractivity contribution in [3.05, 3.63) is 40.9 Å². The van der Waals surface area contributed by atoms with E-state index in [1.165, 1.54) is 16.1 Å². The number of fused-ring (bicyclic) bond motifs is 2. The molecule has 0 radical (unpaired) electrons. The van der Waals surface area contributed by atoms with Crippen molar-refractivity contribution in [1.29, 1.82) is 0 Å². The van der Waals surface area contributed by atoms with Gasteiger partial charge in [-0.3, -0.25) is 4.79 Å². The number of rotatable bonds is 3. The molecule has 5 nitrogen and oxygen atoms in total. The molecule has 5 rings (SSSR count). The minimum Gasteiger partial charge on any atom is -0.392 e. The van der Waals surface area contributed by atoms with E-state index in [2.05, 4.69) is 50.1 Å². The molecule has 2 aromatic rings. The van der Waals surface area contributed by atoms with Crippen LogP contribution in [0.1, 0.15) is 50.1 Å². The lowest BCUT2D eigenvalue weighted by atomic mass is 9.53. The maximum absolute atomic E-state index is 13.3. The summed E-state index contributed by atoms with van der Waals surface area (Å²) >= 11 is 1.82. The van der Waals surface area contributed by atoms with Crippen LogP contribution in [0.5, 0.6) is 0 Å². The highest BCUT2D eigenvalue weighted by molar-refractivity contribution is 7.15. The molecule has 2 fully saturated rings. The Morgan fingerprint density at radius 1 is 1.21 bits per heavy atom. The standard InChI is InChI=1S/C27H37N3O2S/c1-17(26(32)30-14-12-29(4)13-15-30)20-10-11-27(3)16-21-23(18(2)22(27)24(20)31)28-25(33-21)19-8-6-5-7-9-19/h5-9,17-18,20,22,24,31H,10-16H2,1-4H3/t17-,18+,20-,22+,24-,27+/m0/s1. The van der Waals surface area contributed by atoms with Crippen LogP contribution in [0.3, 0.4) is 0 Å². The van der Waals surface area contributed by atoms with Gasteiger partial charge in [-0.05, 0) is 43.6 Å². The number of hydrogen-bond acceptors (Lipinski definition) is 5. The van der Waals surface area contributed by atoms with Gasteiger partial charge in [-0.25, -0.2) is 4.98 Å². The largest absolute Gasteiger partial charge is 0.392 e. The van der Waals surface area contributed by atoms with Crippen LogP contribution in [-0.2, 0) is 11.2 Å². The molecule has 1 saturated heterocycles. The van der Waals surface area contributed by atoms with E-state index < -0.39 is 6.10 Å². The summed E-state index contributed by atoms with van der Waals surface area (Å²) in [6.07, 6.45) is 2.48. The summed E-state index contributed by atoms with van der Waals surface area (Å²) in [4.78, 5) is 24.1. The zero-order valence-corrected chi connectivity index (χ0v) is 21.1. The number of carbonyl (C=O) groups excluding carboxylic acids is 1. The second-order valence-electron chi connectivity index (χ2n) is 10.9. The molecule has 0 spiro atoms. The Balaban J connectivity index is 1.38. The highest BCUT2D eigenvalue weighted by Gasteiger charge is 2.54. The van der Waals surface area contributed by atoms with E-state index in [1.807, 2.05) is 29.2 Å². The first-order valence-corrected chi connectivity index (χ1v) is 13.3. The molecule has 3 aliphatic rings. The number of aromatic nitrogens is 1. The van der Waals surface area contributed by atoms with Crippen LogP contribution in [0, 0.1) is 23.2 Å². The number of benzene rings is 1. The maximum Gasteiger partial charge on any atom is 0.225 e. The molecule has 0 bridgehead atoms. The summed E-state index contributed by atoms with van der Waals surface area (Å²) in [6, 6.07) is 10.4. The lowest BCUT2D eigenvalue weighted by Crippen LogP contribution is -2.55. The van der Waals surface area contributed by atoms with Gasteiger partial charge in [0.15, 0.2) is 0 Å². The number of amides is 1. The molecule has 1 aromatic carbocycles. The number of likely N-dealkylation sites (N-methyl/N-ethyl adjacent to an activating group) is 1. The van der Waals surface area contributed by atoms with Crippen molar-refractivity contribution in [2.75, 3.05) is 33.2 Å². The average molecular weight is 468 g/mol. The molecule has 6 atom stereocenters. The Hall–Kier alpha value is -1.76. The summed E-state index contributed by atoms with van der Waals surface area (Å²) in [7, 11) is 2.11. The molecule has 178 valence electrons. The zero-order chi connectivity index (χ0) is 23.3. The third kappa shape index (κ3) is 4.04. The zero-order valence-electron chi connectivity index (χ0n) is 20.3. The number of hydrogen-bond donors (Lipinski definition) is 1. The van der Waals surface area contributed by atoms with Crippen LogP contribution in [-0.4, -0.2) is 65.1 Å². The van der Waals surface area contributed by atoms with E-state index in [1.54, 1.807) is 0 Å². The first-order valence-electron chi connectivity index (χ1n) is 12.5. The predicted molar refractivity (Wildman–Crippen MR) is 133 cm³/mol. The number of carbonyl (C=O) groups is 1. The van der Waals surface area contributed by atoms with Crippen molar-refractivity contribution < 1.29 is 9.90 Å². The average Bonchev–Trinajstić information content (AvgIpc) is 3.23. The Morgan fingerprint density at radius 3 is 2.61 bits per heavy atom. The summed E-state index contributed by atoms with van der Waals surface area (Å²) in [5, 5.41) is 12.8.